The Hall–Kier alpha value is -2.77. The first-order chi connectivity index (χ1) is 12.1. The lowest BCUT2D eigenvalue weighted by Crippen LogP contribution is -2.59. The third-order valence-corrected chi connectivity index (χ3v) is 4.59. The van der Waals surface area contributed by atoms with E-state index in [4.69, 9.17) is 0 Å². The lowest BCUT2D eigenvalue weighted by atomic mass is 10.1. The smallest absolute Gasteiger partial charge is 0.257 e. The van der Waals surface area contributed by atoms with E-state index < -0.39 is 5.85 Å². The summed E-state index contributed by atoms with van der Waals surface area (Å²) in [6.07, 6.45) is 3.45. The van der Waals surface area contributed by atoms with Crippen LogP contribution in [0.1, 0.15) is 17.3 Å². The van der Waals surface area contributed by atoms with Crippen molar-refractivity contribution < 1.29 is 9.90 Å². The van der Waals surface area contributed by atoms with Gasteiger partial charge in [-0.05, 0) is 31.2 Å². The molecule has 7 heteroatoms. The molecule has 1 amide bonds. The number of hydrogen-bond acceptors (Lipinski definition) is 6. The van der Waals surface area contributed by atoms with Crippen LogP contribution in [0.4, 0.5) is 17.2 Å². The van der Waals surface area contributed by atoms with E-state index >= 15 is 0 Å². The molecular formula is C18H19N5O2. The van der Waals surface area contributed by atoms with Crippen molar-refractivity contribution in [1.82, 2.24) is 9.88 Å². The van der Waals surface area contributed by atoms with Gasteiger partial charge in [0.1, 0.15) is 0 Å². The molecule has 25 heavy (non-hydrogen) atoms. The molecule has 0 bridgehead atoms. The van der Waals surface area contributed by atoms with Gasteiger partial charge in [0.15, 0.2) is 5.82 Å². The van der Waals surface area contributed by atoms with Gasteiger partial charge in [-0.15, -0.1) is 0 Å². The molecule has 3 heterocycles. The van der Waals surface area contributed by atoms with Gasteiger partial charge in [0.25, 0.3) is 5.91 Å². The summed E-state index contributed by atoms with van der Waals surface area (Å²) in [6.45, 7) is 3.48. The van der Waals surface area contributed by atoms with E-state index in [0.717, 1.165) is 0 Å². The molecule has 4 rings (SSSR count). The molecule has 0 saturated carbocycles. The molecule has 2 aromatic rings. The summed E-state index contributed by atoms with van der Waals surface area (Å²) < 4.78 is 0. The fourth-order valence-corrected chi connectivity index (χ4v) is 3.31. The molecule has 128 valence electrons. The second kappa shape index (κ2) is 5.94. The predicted octanol–water partition coefficient (Wildman–Crippen LogP) is 1.84. The number of rotatable bonds is 2. The minimum atomic E-state index is -1.38. The van der Waals surface area contributed by atoms with Gasteiger partial charge in [-0.3, -0.25) is 19.6 Å². The maximum Gasteiger partial charge on any atom is 0.257 e. The molecule has 0 fully saturated rings. The van der Waals surface area contributed by atoms with Gasteiger partial charge >= 0.3 is 0 Å². The lowest BCUT2D eigenvalue weighted by Gasteiger charge is -2.45. The SMILES string of the molecule is C[C@](O)(N1CC=NCC1)N1c2ccccc2C(=O)Nc2cccnc21. The zero-order valence-electron chi connectivity index (χ0n) is 13.9. The number of aliphatic imine (C=N–C) groups is 1. The molecule has 0 spiro atoms. The van der Waals surface area contributed by atoms with Crippen molar-refractivity contribution in [3.63, 3.8) is 0 Å². The van der Waals surface area contributed by atoms with Crippen molar-refractivity contribution >= 4 is 29.3 Å². The third-order valence-electron chi connectivity index (χ3n) is 4.59. The van der Waals surface area contributed by atoms with E-state index in [2.05, 4.69) is 15.3 Å². The second-order valence-electron chi connectivity index (χ2n) is 6.19. The number of fused-ring (bicyclic) bond motifs is 2. The number of para-hydroxylation sites is 1. The Morgan fingerprint density at radius 1 is 1.24 bits per heavy atom. The van der Waals surface area contributed by atoms with Gasteiger partial charge in [0, 0.05) is 25.5 Å². The monoisotopic (exact) mass is 337 g/mol. The molecule has 0 radical (unpaired) electrons. The average Bonchev–Trinajstić information content (AvgIpc) is 2.77. The van der Waals surface area contributed by atoms with Crippen LogP contribution in [0, 0.1) is 0 Å². The lowest BCUT2D eigenvalue weighted by molar-refractivity contribution is -0.0792. The molecule has 2 N–H and O–H groups in total. The zero-order valence-corrected chi connectivity index (χ0v) is 13.9. The second-order valence-corrected chi connectivity index (χ2v) is 6.19. The first kappa shape index (κ1) is 15.7. The Balaban J connectivity index is 1.92. The van der Waals surface area contributed by atoms with Crippen molar-refractivity contribution in [3.05, 3.63) is 48.2 Å². The Morgan fingerprint density at radius 2 is 2.08 bits per heavy atom. The Morgan fingerprint density at radius 3 is 2.88 bits per heavy atom. The Kier molecular flexibility index (Phi) is 3.74. The van der Waals surface area contributed by atoms with Crippen molar-refractivity contribution in [2.45, 2.75) is 12.8 Å². The molecule has 1 aromatic heterocycles. The van der Waals surface area contributed by atoms with Crippen LogP contribution in [-0.4, -0.2) is 52.6 Å². The van der Waals surface area contributed by atoms with Crippen molar-refractivity contribution in [1.29, 1.82) is 0 Å². The van der Waals surface area contributed by atoms with Crippen LogP contribution in [0.25, 0.3) is 0 Å². The number of aliphatic hydroxyl groups is 1. The third kappa shape index (κ3) is 2.57. The van der Waals surface area contributed by atoms with Crippen LogP contribution in [0.2, 0.25) is 0 Å². The summed E-state index contributed by atoms with van der Waals surface area (Å²) in [5, 5.41) is 14.4. The summed E-state index contributed by atoms with van der Waals surface area (Å²) in [7, 11) is 0. The van der Waals surface area contributed by atoms with Gasteiger partial charge in [0.05, 0.1) is 23.5 Å². The summed E-state index contributed by atoms with van der Waals surface area (Å²) in [4.78, 5) is 24.9. The number of aromatic nitrogens is 1. The fraction of sp³-hybridized carbons (Fsp3) is 0.278. The average molecular weight is 337 g/mol. The van der Waals surface area contributed by atoms with E-state index in [9.17, 15) is 9.90 Å². The predicted molar refractivity (Wildman–Crippen MR) is 96.3 cm³/mol. The highest BCUT2D eigenvalue weighted by Gasteiger charge is 2.41. The van der Waals surface area contributed by atoms with E-state index in [0.29, 0.717) is 42.4 Å². The number of carbonyl (C=O) groups excluding carboxylic acids is 1. The molecule has 1 aromatic carbocycles. The molecule has 2 aliphatic heterocycles. The number of anilines is 3. The van der Waals surface area contributed by atoms with Crippen LogP contribution >= 0.6 is 0 Å². The summed E-state index contributed by atoms with van der Waals surface area (Å²) in [6, 6.07) is 10.8. The number of nitrogens with zero attached hydrogens (tertiary/aromatic N) is 4. The van der Waals surface area contributed by atoms with E-state index in [-0.39, 0.29) is 5.91 Å². The number of carbonyl (C=O) groups is 1. The number of amides is 1. The number of benzene rings is 1. The quantitative estimate of drug-likeness (QED) is 0.874. The normalized spacial score (nSPS) is 19.4. The summed E-state index contributed by atoms with van der Waals surface area (Å²) >= 11 is 0. The van der Waals surface area contributed by atoms with Crippen LogP contribution in [0.5, 0.6) is 0 Å². The molecule has 1 atom stereocenters. The van der Waals surface area contributed by atoms with Crippen LogP contribution in [-0.2, 0) is 0 Å². The van der Waals surface area contributed by atoms with Crippen molar-refractivity contribution in [2.24, 2.45) is 4.99 Å². The highest BCUT2D eigenvalue weighted by molar-refractivity contribution is 6.12. The molecule has 2 aliphatic rings. The Bertz CT molecular complexity index is 849. The van der Waals surface area contributed by atoms with E-state index in [1.807, 2.05) is 23.1 Å². The molecule has 0 aliphatic carbocycles. The standard InChI is InChI=1S/C18H19N5O2/c1-18(25,22-11-9-19-10-12-22)23-15-7-3-2-5-13(15)17(24)21-14-6-4-8-20-16(14)23/h2-9,25H,10-12H2,1H3,(H,21,24)/t18-/m0/s1. The van der Waals surface area contributed by atoms with E-state index in [1.165, 1.54) is 0 Å². The van der Waals surface area contributed by atoms with Crippen molar-refractivity contribution in [2.75, 3.05) is 29.9 Å². The number of hydrogen-bond donors (Lipinski definition) is 2. The van der Waals surface area contributed by atoms with Gasteiger partial charge in [0.2, 0.25) is 5.85 Å². The van der Waals surface area contributed by atoms with Gasteiger partial charge in [-0.25, -0.2) is 4.98 Å². The highest BCUT2D eigenvalue weighted by atomic mass is 16.3. The zero-order chi connectivity index (χ0) is 17.4. The number of nitrogens with one attached hydrogen (secondary N) is 1. The topological polar surface area (TPSA) is 81.1 Å². The van der Waals surface area contributed by atoms with Crippen LogP contribution in [0.3, 0.4) is 0 Å². The molecule has 0 unspecified atom stereocenters. The van der Waals surface area contributed by atoms with Gasteiger partial charge in [-0.1, -0.05) is 12.1 Å². The maximum absolute atomic E-state index is 12.6. The Labute approximate surface area is 145 Å². The van der Waals surface area contributed by atoms with Crippen molar-refractivity contribution in [3.8, 4) is 0 Å². The van der Waals surface area contributed by atoms with Gasteiger partial charge in [-0.2, -0.15) is 0 Å². The molecule has 0 saturated heterocycles. The van der Waals surface area contributed by atoms with Gasteiger partial charge < -0.3 is 10.4 Å². The maximum atomic E-state index is 12.6. The minimum Gasteiger partial charge on any atom is -0.358 e. The molecular weight excluding hydrogens is 318 g/mol. The first-order valence-corrected chi connectivity index (χ1v) is 8.20. The summed E-state index contributed by atoms with van der Waals surface area (Å²) in [5.41, 5.74) is 1.67. The van der Waals surface area contributed by atoms with Crippen LogP contribution in [0.15, 0.2) is 47.6 Å². The summed E-state index contributed by atoms with van der Waals surface area (Å²) in [5.74, 6) is -1.09. The first-order valence-electron chi connectivity index (χ1n) is 8.20. The number of pyridine rings is 1. The largest absolute Gasteiger partial charge is 0.358 e. The highest BCUT2D eigenvalue weighted by Crippen LogP contribution is 2.41. The van der Waals surface area contributed by atoms with E-state index in [1.54, 1.807) is 42.4 Å². The fourth-order valence-electron chi connectivity index (χ4n) is 3.31. The molecule has 7 nitrogen and oxygen atoms in total. The van der Waals surface area contributed by atoms with Crippen LogP contribution < -0.4 is 10.2 Å². The minimum absolute atomic E-state index is 0.219.